The van der Waals surface area contributed by atoms with E-state index in [1.165, 1.54) is 11.8 Å². The quantitative estimate of drug-likeness (QED) is 0.484. The number of fused-ring (bicyclic) bond motifs is 1. The first-order valence-corrected chi connectivity index (χ1v) is 11.7. The number of aromatic nitrogens is 1. The number of thioether (sulfide) groups is 1. The number of anilines is 1. The first-order chi connectivity index (χ1) is 15.1. The fraction of sp³-hybridized carbons (Fsp3) is 0.360. The predicted octanol–water partition coefficient (Wildman–Crippen LogP) is 4.60. The number of pyridine rings is 1. The maximum absolute atomic E-state index is 13.2. The molecule has 1 aromatic heterocycles. The lowest BCUT2D eigenvalue weighted by Crippen LogP contribution is -2.38. The average Bonchev–Trinajstić information content (AvgIpc) is 3.30. The smallest absolute Gasteiger partial charge is 0.233 e. The molecule has 2 heterocycles. The van der Waals surface area contributed by atoms with Crippen molar-refractivity contribution in [1.82, 2.24) is 9.88 Å². The van der Waals surface area contributed by atoms with E-state index in [9.17, 15) is 4.79 Å². The molecule has 0 saturated carbocycles. The van der Waals surface area contributed by atoms with Gasteiger partial charge in [-0.05, 0) is 42.7 Å². The molecule has 0 radical (unpaired) electrons. The number of nitrogens with zero attached hydrogens (tertiary/aromatic N) is 3. The monoisotopic (exact) mass is 435 g/mol. The van der Waals surface area contributed by atoms with Gasteiger partial charge in [0.05, 0.1) is 22.4 Å². The lowest BCUT2D eigenvalue weighted by atomic mass is 10.1. The topological polar surface area (TPSA) is 45.7 Å². The highest BCUT2D eigenvalue weighted by Gasteiger charge is 2.23. The van der Waals surface area contributed by atoms with Crippen LogP contribution in [0.25, 0.3) is 10.9 Å². The summed E-state index contributed by atoms with van der Waals surface area (Å²) >= 11 is 1.50. The zero-order valence-corrected chi connectivity index (χ0v) is 19.0. The Kier molecular flexibility index (Phi) is 7.10. The predicted molar refractivity (Wildman–Crippen MR) is 128 cm³/mol. The summed E-state index contributed by atoms with van der Waals surface area (Å²) in [5.41, 5.74) is 3.24. The number of carbonyl (C=O) groups excluding carboxylic acids is 1. The van der Waals surface area contributed by atoms with E-state index in [1.54, 1.807) is 0 Å². The SMILES string of the molecule is CN(C)c1ccc(CN(C[C@H]2CCCO2)C(=O)CSc2ccc3ccccc3n2)cc1. The molecule has 0 bridgehead atoms. The van der Waals surface area contributed by atoms with E-state index >= 15 is 0 Å². The Bertz CT molecular complexity index is 1020. The third kappa shape index (κ3) is 5.77. The fourth-order valence-corrected chi connectivity index (χ4v) is 4.54. The van der Waals surface area contributed by atoms with Gasteiger partial charge in [-0.25, -0.2) is 4.98 Å². The van der Waals surface area contributed by atoms with Gasteiger partial charge in [-0.1, -0.05) is 48.2 Å². The third-order valence-electron chi connectivity index (χ3n) is 5.54. The molecule has 4 rings (SSSR count). The number of carbonyl (C=O) groups is 1. The highest BCUT2D eigenvalue weighted by atomic mass is 32.2. The van der Waals surface area contributed by atoms with Crippen LogP contribution in [0.1, 0.15) is 18.4 Å². The summed E-state index contributed by atoms with van der Waals surface area (Å²) in [7, 11) is 4.06. The molecule has 1 amide bonds. The summed E-state index contributed by atoms with van der Waals surface area (Å²) in [5.74, 6) is 0.487. The van der Waals surface area contributed by atoms with Crippen molar-refractivity contribution in [1.29, 1.82) is 0 Å². The van der Waals surface area contributed by atoms with Crippen LogP contribution in [0.3, 0.4) is 0 Å². The second-order valence-corrected chi connectivity index (χ2v) is 9.10. The van der Waals surface area contributed by atoms with Crippen molar-refractivity contribution < 1.29 is 9.53 Å². The van der Waals surface area contributed by atoms with Gasteiger partial charge in [-0.3, -0.25) is 4.79 Å². The van der Waals surface area contributed by atoms with E-state index in [0.29, 0.717) is 18.8 Å². The van der Waals surface area contributed by atoms with Crippen molar-refractivity contribution in [3.8, 4) is 0 Å². The largest absolute Gasteiger partial charge is 0.378 e. The van der Waals surface area contributed by atoms with Crippen LogP contribution >= 0.6 is 11.8 Å². The van der Waals surface area contributed by atoms with Gasteiger partial charge in [0.2, 0.25) is 5.91 Å². The van der Waals surface area contributed by atoms with E-state index in [0.717, 1.165) is 46.6 Å². The minimum absolute atomic E-state index is 0.118. The van der Waals surface area contributed by atoms with Crippen LogP contribution in [0.5, 0.6) is 0 Å². The van der Waals surface area contributed by atoms with Gasteiger partial charge in [0.1, 0.15) is 0 Å². The highest BCUT2D eigenvalue weighted by Crippen LogP contribution is 2.22. The second-order valence-electron chi connectivity index (χ2n) is 8.10. The molecule has 1 fully saturated rings. The average molecular weight is 436 g/mol. The van der Waals surface area contributed by atoms with Crippen molar-refractivity contribution in [2.75, 3.05) is 37.9 Å². The van der Waals surface area contributed by atoms with Crippen molar-refractivity contribution >= 4 is 34.3 Å². The molecule has 1 aliphatic heterocycles. The number of rotatable bonds is 8. The number of ether oxygens (including phenoxy) is 1. The summed E-state index contributed by atoms with van der Waals surface area (Å²) in [5, 5.41) is 1.99. The lowest BCUT2D eigenvalue weighted by molar-refractivity contribution is -0.130. The zero-order valence-electron chi connectivity index (χ0n) is 18.2. The van der Waals surface area contributed by atoms with Crippen molar-refractivity contribution in [3.63, 3.8) is 0 Å². The van der Waals surface area contributed by atoms with Gasteiger partial charge in [0, 0.05) is 44.9 Å². The Balaban J connectivity index is 1.43. The molecule has 0 aliphatic carbocycles. The van der Waals surface area contributed by atoms with Crippen LogP contribution in [0.2, 0.25) is 0 Å². The molecule has 1 atom stereocenters. The summed E-state index contributed by atoms with van der Waals surface area (Å²) in [6, 6.07) is 20.5. The van der Waals surface area contributed by atoms with Crippen LogP contribution in [-0.2, 0) is 16.1 Å². The fourth-order valence-electron chi connectivity index (χ4n) is 3.76. The van der Waals surface area contributed by atoms with E-state index in [4.69, 9.17) is 4.74 Å². The number of benzene rings is 2. The molecule has 162 valence electrons. The number of hydrogen-bond acceptors (Lipinski definition) is 5. The molecular weight excluding hydrogens is 406 g/mol. The first kappa shape index (κ1) is 21.7. The van der Waals surface area contributed by atoms with Crippen molar-refractivity contribution in [2.45, 2.75) is 30.5 Å². The molecule has 0 N–H and O–H groups in total. The van der Waals surface area contributed by atoms with Crippen LogP contribution in [0.4, 0.5) is 5.69 Å². The zero-order chi connectivity index (χ0) is 21.6. The first-order valence-electron chi connectivity index (χ1n) is 10.7. The highest BCUT2D eigenvalue weighted by molar-refractivity contribution is 7.99. The summed E-state index contributed by atoms with van der Waals surface area (Å²) in [4.78, 5) is 21.9. The van der Waals surface area contributed by atoms with Gasteiger partial charge in [0.25, 0.3) is 0 Å². The summed E-state index contributed by atoms with van der Waals surface area (Å²) in [6.07, 6.45) is 2.22. The Hall–Kier alpha value is -2.57. The Labute approximate surface area is 188 Å². The molecule has 6 heteroatoms. The van der Waals surface area contributed by atoms with Gasteiger partial charge in [0.15, 0.2) is 0 Å². The molecule has 31 heavy (non-hydrogen) atoms. The Morgan fingerprint density at radius 1 is 1.10 bits per heavy atom. The minimum Gasteiger partial charge on any atom is -0.378 e. The van der Waals surface area contributed by atoms with E-state index < -0.39 is 0 Å². The summed E-state index contributed by atoms with van der Waals surface area (Å²) < 4.78 is 5.81. The lowest BCUT2D eigenvalue weighted by Gasteiger charge is -2.26. The van der Waals surface area contributed by atoms with Gasteiger partial charge in [-0.15, -0.1) is 0 Å². The molecule has 0 unspecified atom stereocenters. The van der Waals surface area contributed by atoms with Gasteiger partial charge in [-0.2, -0.15) is 0 Å². The number of para-hydroxylation sites is 1. The Morgan fingerprint density at radius 3 is 2.65 bits per heavy atom. The van der Waals surface area contributed by atoms with Crippen molar-refractivity contribution in [3.05, 3.63) is 66.2 Å². The maximum Gasteiger partial charge on any atom is 0.233 e. The van der Waals surface area contributed by atoms with Gasteiger partial charge < -0.3 is 14.5 Å². The number of hydrogen-bond donors (Lipinski definition) is 0. The van der Waals surface area contributed by atoms with Crippen LogP contribution in [0.15, 0.2) is 65.7 Å². The third-order valence-corrected chi connectivity index (χ3v) is 6.46. The Morgan fingerprint density at radius 2 is 1.90 bits per heavy atom. The maximum atomic E-state index is 13.2. The molecule has 1 saturated heterocycles. The molecule has 2 aromatic carbocycles. The van der Waals surface area contributed by atoms with Crippen LogP contribution in [-0.4, -0.2) is 54.9 Å². The second kappa shape index (κ2) is 10.2. The molecule has 5 nitrogen and oxygen atoms in total. The standard InChI is InChI=1S/C25H29N3O2S/c1-27(2)21-12-9-19(10-13-21)16-28(17-22-7-5-15-30-22)25(29)18-31-24-14-11-20-6-3-4-8-23(20)26-24/h3-4,6,8-14,22H,5,7,15-18H2,1-2H3/t22-/m1/s1. The summed E-state index contributed by atoms with van der Waals surface area (Å²) in [6.45, 7) is 2.03. The van der Waals surface area contributed by atoms with Crippen LogP contribution in [0, 0.1) is 0 Å². The van der Waals surface area contributed by atoms with Crippen LogP contribution < -0.4 is 4.90 Å². The van der Waals surface area contributed by atoms with E-state index in [1.807, 2.05) is 49.3 Å². The normalized spacial score (nSPS) is 15.9. The molecule has 3 aromatic rings. The van der Waals surface area contributed by atoms with Gasteiger partial charge >= 0.3 is 0 Å². The minimum atomic E-state index is 0.118. The van der Waals surface area contributed by atoms with Crippen molar-refractivity contribution in [2.24, 2.45) is 0 Å². The van der Waals surface area contributed by atoms with E-state index in [2.05, 4.69) is 40.2 Å². The molecule has 1 aliphatic rings. The van der Waals surface area contributed by atoms with E-state index in [-0.39, 0.29) is 12.0 Å². The number of amides is 1. The molecule has 0 spiro atoms. The molecular formula is C25H29N3O2S.